The number of benzene rings is 1. The molecule has 2 rings (SSSR count). The first-order chi connectivity index (χ1) is 9.10. The zero-order valence-corrected chi connectivity index (χ0v) is 11.7. The van der Waals surface area contributed by atoms with Gasteiger partial charge in [-0.3, -0.25) is 0 Å². The molecule has 1 heterocycles. The molecular weight excluding hydrogens is 287 g/mol. The smallest absolute Gasteiger partial charge is 0.162 e. The van der Waals surface area contributed by atoms with Crippen LogP contribution in [0.2, 0.25) is 10.2 Å². The lowest BCUT2D eigenvalue weighted by atomic mass is 10.2. The lowest BCUT2D eigenvalue weighted by molar-refractivity contribution is 0.371. The lowest BCUT2D eigenvalue weighted by Gasteiger charge is -2.11. The Morgan fingerprint density at radius 1 is 1.32 bits per heavy atom. The maximum absolute atomic E-state index is 9.98. The Labute approximate surface area is 121 Å². The Kier molecular flexibility index (Phi) is 4.35. The number of phenolic OH excluding ortho intramolecular Hbond substituents is 1. The van der Waals surface area contributed by atoms with Crippen LogP contribution >= 0.6 is 23.2 Å². The third kappa shape index (κ3) is 3.43. The van der Waals surface area contributed by atoms with Crippen molar-refractivity contribution in [2.24, 2.45) is 0 Å². The number of nitrogens with zero attached hydrogens (tertiary/aromatic N) is 1. The molecule has 6 heteroatoms. The summed E-state index contributed by atoms with van der Waals surface area (Å²) >= 11 is 11.7. The van der Waals surface area contributed by atoms with Gasteiger partial charge in [-0.1, -0.05) is 29.3 Å². The summed E-state index contributed by atoms with van der Waals surface area (Å²) in [6.45, 7) is 0.357. The predicted molar refractivity (Wildman–Crippen MR) is 76.2 cm³/mol. The fourth-order valence-corrected chi connectivity index (χ4v) is 2.01. The highest BCUT2D eigenvalue weighted by molar-refractivity contribution is 6.30. The molecule has 1 aromatic heterocycles. The Bertz CT molecular complexity index is 591. The van der Waals surface area contributed by atoms with E-state index in [0.29, 0.717) is 33.9 Å². The van der Waals surface area contributed by atoms with Gasteiger partial charge in [-0.05, 0) is 18.2 Å². The van der Waals surface area contributed by atoms with Crippen molar-refractivity contribution in [1.29, 1.82) is 0 Å². The van der Waals surface area contributed by atoms with Crippen LogP contribution in [0.1, 0.15) is 5.56 Å². The molecule has 0 saturated heterocycles. The van der Waals surface area contributed by atoms with Crippen LogP contribution in [0, 0.1) is 0 Å². The first-order valence-electron chi connectivity index (χ1n) is 5.52. The summed E-state index contributed by atoms with van der Waals surface area (Å²) in [5.41, 5.74) is 0.617. The van der Waals surface area contributed by atoms with Gasteiger partial charge in [0, 0.05) is 23.2 Å². The monoisotopic (exact) mass is 298 g/mol. The standard InChI is InChI=1S/C13H12Cl2N2O2/c1-19-10-6-9(14)5-8(13(10)18)7-16-12-4-2-3-11(15)17-12/h2-6,18H,7H2,1H3,(H,16,17). The summed E-state index contributed by atoms with van der Waals surface area (Å²) in [5.74, 6) is 1.01. The summed E-state index contributed by atoms with van der Waals surface area (Å²) in [7, 11) is 1.47. The highest BCUT2D eigenvalue weighted by atomic mass is 35.5. The number of nitrogens with one attached hydrogen (secondary N) is 1. The van der Waals surface area contributed by atoms with Crippen LogP contribution in [-0.2, 0) is 6.54 Å². The predicted octanol–water partition coefficient (Wildman–Crippen LogP) is 3.71. The Morgan fingerprint density at radius 3 is 2.79 bits per heavy atom. The number of rotatable bonds is 4. The van der Waals surface area contributed by atoms with E-state index in [0.717, 1.165) is 0 Å². The summed E-state index contributed by atoms with van der Waals surface area (Å²) < 4.78 is 5.04. The molecule has 1 aromatic carbocycles. The molecule has 19 heavy (non-hydrogen) atoms. The second kappa shape index (κ2) is 5.99. The van der Waals surface area contributed by atoms with E-state index in [1.165, 1.54) is 7.11 Å². The van der Waals surface area contributed by atoms with Crippen LogP contribution in [0.15, 0.2) is 30.3 Å². The quantitative estimate of drug-likeness (QED) is 0.845. The topological polar surface area (TPSA) is 54.4 Å². The normalized spacial score (nSPS) is 10.3. The number of phenols is 1. The molecule has 0 aliphatic heterocycles. The van der Waals surface area contributed by atoms with Crippen LogP contribution in [-0.4, -0.2) is 17.2 Å². The molecule has 0 unspecified atom stereocenters. The second-order valence-corrected chi connectivity index (χ2v) is 4.64. The molecule has 2 aromatic rings. The van der Waals surface area contributed by atoms with E-state index in [1.807, 2.05) is 0 Å². The van der Waals surface area contributed by atoms with Crippen LogP contribution in [0.4, 0.5) is 5.82 Å². The largest absolute Gasteiger partial charge is 0.504 e. The van der Waals surface area contributed by atoms with Crippen molar-refractivity contribution in [2.75, 3.05) is 12.4 Å². The molecule has 0 radical (unpaired) electrons. The SMILES string of the molecule is COc1cc(Cl)cc(CNc2cccc(Cl)n2)c1O. The number of pyridine rings is 1. The van der Waals surface area contributed by atoms with E-state index < -0.39 is 0 Å². The highest BCUT2D eigenvalue weighted by Crippen LogP contribution is 2.33. The number of halogens is 2. The van der Waals surface area contributed by atoms with Crippen molar-refractivity contribution in [2.45, 2.75) is 6.54 Å². The fraction of sp³-hybridized carbons (Fsp3) is 0.154. The van der Waals surface area contributed by atoms with Crippen molar-refractivity contribution in [3.63, 3.8) is 0 Å². The van der Waals surface area contributed by atoms with Gasteiger partial charge in [0.25, 0.3) is 0 Å². The summed E-state index contributed by atoms with van der Waals surface area (Å²) in [5, 5.41) is 13.9. The van der Waals surface area contributed by atoms with Gasteiger partial charge in [-0.15, -0.1) is 0 Å². The van der Waals surface area contributed by atoms with E-state index in [1.54, 1.807) is 30.3 Å². The third-order valence-electron chi connectivity index (χ3n) is 2.51. The molecule has 0 fully saturated rings. The molecule has 0 amide bonds. The average Bonchev–Trinajstić information content (AvgIpc) is 2.39. The fourth-order valence-electron chi connectivity index (χ4n) is 1.61. The first-order valence-corrected chi connectivity index (χ1v) is 6.27. The van der Waals surface area contributed by atoms with Crippen molar-refractivity contribution >= 4 is 29.0 Å². The summed E-state index contributed by atoms with van der Waals surface area (Å²) in [6.07, 6.45) is 0. The Balaban J connectivity index is 2.17. The van der Waals surface area contributed by atoms with Gasteiger partial charge in [-0.25, -0.2) is 4.98 Å². The molecule has 4 nitrogen and oxygen atoms in total. The number of hydrogen-bond donors (Lipinski definition) is 2. The number of hydrogen-bond acceptors (Lipinski definition) is 4. The maximum Gasteiger partial charge on any atom is 0.162 e. The third-order valence-corrected chi connectivity index (χ3v) is 2.94. The van der Waals surface area contributed by atoms with Crippen molar-refractivity contribution in [3.8, 4) is 11.5 Å². The van der Waals surface area contributed by atoms with E-state index in [4.69, 9.17) is 27.9 Å². The van der Waals surface area contributed by atoms with Gasteiger partial charge in [-0.2, -0.15) is 0 Å². The van der Waals surface area contributed by atoms with Crippen LogP contribution in [0.25, 0.3) is 0 Å². The zero-order valence-electron chi connectivity index (χ0n) is 10.2. The molecule has 0 spiro atoms. The number of anilines is 1. The highest BCUT2D eigenvalue weighted by Gasteiger charge is 2.10. The number of methoxy groups -OCH3 is 1. The molecule has 0 bridgehead atoms. The van der Waals surface area contributed by atoms with E-state index in [9.17, 15) is 5.11 Å². The maximum atomic E-state index is 9.98. The van der Waals surface area contributed by atoms with Crippen molar-refractivity contribution in [3.05, 3.63) is 46.1 Å². The minimum Gasteiger partial charge on any atom is -0.504 e. The lowest BCUT2D eigenvalue weighted by Crippen LogP contribution is -2.02. The molecule has 0 aliphatic carbocycles. The van der Waals surface area contributed by atoms with Gasteiger partial charge >= 0.3 is 0 Å². The van der Waals surface area contributed by atoms with E-state index in [2.05, 4.69) is 10.3 Å². The second-order valence-electron chi connectivity index (χ2n) is 3.81. The van der Waals surface area contributed by atoms with Crippen LogP contribution < -0.4 is 10.1 Å². The van der Waals surface area contributed by atoms with E-state index in [-0.39, 0.29) is 5.75 Å². The van der Waals surface area contributed by atoms with Crippen molar-refractivity contribution < 1.29 is 9.84 Å². The molecule has 0 saturated carbocycles. The van der Waals surface area contributed by atoms with Gasteiger partial charge in [0.1, 0.15) is 11.0 Å². The Hall–Kier alpha value is -1.65. The number of aromatic nitrogens is 1. The van der Waals surface area contributed by atoms with Crippen LogP contribution in [0.3, 0.4) is 0 Å². The molecular formula is C13H12Cl2N2O2. The van der Waals surface area contributed by atoms with Gasteiger partial charge in [0.2, 0.25) is 0 Å². The zero-order chi connectivity index (χ0) is 13.8. The minimum absolute atomic E-state index is 0.0569. The molecule has 0 aliphatic rings. The summed E-state index contributed by atoms with van der Waals surface area (Å²) in [4.78, 5) is 4.09. The molecule has 100 valence electrons. The minimum atomic E-state index is 0.0569. The van der Waals surface area contributed by atoms with Gasteiger partial charge in [0.15, 0.2) is 11.5 Å². The van der Waals surface area contributed by atoms with E-state index >= 15 is 0 Å². The Morgan fingerprint density at radius 2 is 2.11 bits per heavy atom. The first kappa shape index (κ1) is 13.8. The summed E-state index contributed by atoms with van der Waals surface area (Å²) in [6, 6.07) is 8.47. The van der Waals surface area contributed by atoms with Crippen LogP contribution in [0.5, 0.6) is 11.5 Å². The number of ether oxygens (including phenoxy) is 1. The van der Waals surface area contributed by atoms with Gasteiger partial charge in [0.05, 0.1) is 7.11 Å². The molecule has 0 atom stereocenters. The number of aromatic hydroxyl groups is 1. The van der Waals surface area contributed by atoms with Crippen molar-refractivity contribution in [1.82, 2.24) is 4.98 Å². The molecule has 2 N–H and O–H groups in total. The van der Waals surface area contributed by atoms with Gasteiger partial charge < -0.3 is 15.2 Å². The average molecular weight is 299 g/mol.